The van der Waals surface area contributed by atoms with E-state index < -0.39 is 6.61 Å². The molecular formula is C19H21F2NO4. The summed E-state index contributed by atoms with van der Waals surface area (Å²) in [6.45, 7) is -0.700. The fraction of sp³-hybridized carbons (Fsp3) is 0.316. The van der Waals surface area contributed by atoms with Gasteiger partial charge in [-0.1, -0.05) is 12.1 Å². The molecule has 140 valence electrons. The average Bonchev–Trinajstić information content (AvgIpc) is 2.61. The number of carbonyl (C=O) groups is 1. The Kier molecular flexibility index (Phi) is 6.77. The van der Waals surface area contributed by atoms with Gasteiger partial charge in [-0.3, -0.25) is 4.79 Å². The summed E-state index contributed by atoms with van der Waals surface area (Å²) < 4.78 is 39.6. The predicted molar refractivity (Wildman–Crippen MR) is 93.4 cm³/mol. The lowest BCUT2D eigenvalue weighted by Gasteiger charge is -2.12. The lowest BCUT2D eigenvalue weighted by molar-refractivity contribution is -0.0512. The zero-order chi connectivity index (χ0) is 19.1. The summed E-state index contributed by atoms with van der Waals surface area (Å²) in [4.78, 5) is 12.2. The molecule has 2 aromatic carbocycles. The molecule has 0 aliphatic rings. The Hall–Kier alpha value is -2.83. The predicted octanol–water partition coefficient (Wildman–Crippen LogP) is 3.59. The molecule has 2 aromatic rings. The molecule has 0 aliphatic heterocycles. The van der Waals surface area contributed by atoms with Crippen molar-refractivity contribution < 1.29 is 27.8 Å². The Morgan fingerprint density at radius 1 is 1.04 bits per heavy atom. The maximum Gasteiger partial charge on any atom is 0.387 e. The number of hydrogen-bond acceptors (Lipinski definition) is 4. The molecule has 0 aliphatic carbocycles. The minimum Gasteiger partial charge on any atom is -0.496 e. The van der Waals surface area contributed by atoms with Crippen LogP contribution in [0.2, 0.25) is 0 Å². The minimum absolute atomic E-state index is 0.0328. The van der Waals surface area contributed by atoms with E-state index in [1.165, 1.54) is 13.2 Å². The van der Waals surface area contributed by atoms with Crippen LogP contribution in [-0.2, 0) is 6.42 Å². The highest BCUT2D eigenvalue weighted by Crippen LogP contribution is 2.29. The molecule has 0 heterocycles. The van der Waals surface area contributed by atoms with Crippen molar-refractivity contribution in [3.63, 3.8) is 0 Å². The number of carbonyl (C=O) groups excluding carboxylic acids is 1. The number of rotatable bonds is 8. The van der Waals surface area contributed by atoms with Crippen molar-refractivity contribution in [1.29, 1.82) is 0 Å². The molecule has 0 saturated heterocycles. The second kappa shape index (κ2) is 9.03. The monoisotopic (exact) mass is 365 g/mol. The Morgan fingerprint density at radius 3 is 2.42 bits per heavy atom. The molecule has 2 rings (SSSR count). The van der Waals surface area contributed by atoms with Crippen molar-refractivity contribution in [1.82, 2.24) is 5.32 Å². The normalized spacial score (nSPS) is 10.5. The van der Waals surface area contributed by atoms with Crippen LogP contribution < -0.4 is 19.5 Å². The fourth-order valence-corrected chi connectivity index (χ4v) is 2.45. The highest BCUT2D eigenvalue weighted by molar-refractivity contribution is 5.94. The minimum atomic E-state index is -2.93. The Labute approximate surface area is 150 Å². The summed E-state index contributed by atoms with van der Waals surface area (Å²) in [7, 11) is 2.93. The number of alkyl halides is 2. The van der Waals surface area contributed by atoms with Gasteiger partial charge in [0.05, 0.1) is 14.2 Å². The quantitative estimate of drug-likeness (QED) is 0.777. The number of aryl methyl sites for hydroxylation is 1. The molecule has 0 bridgehead atoms. The van der Waals surface area contributed by atoms with Crippen molar-refractivity contribution in [2.75, 3.05) is 20.8 Å². The number of nitrogens with one attached hydrogen (secondary N) is 1. The van der Waals surface area contributed by atoms with Crippen molar-refractivity contribution >= 4 is 5.91 Å². The highest BCUT2D eigenvalue weighted by Gasteiger charge is 2.12. The van der Waals surface area contributed by atoms with E-state index >= 15 is 0 Å². The van der Waals surface area contributed by atoms with Gasteiger partial charge in [0.2, 0.25) is 0 Å². The molecule has 1 N–H and O–H groups in total. The summed E-state index contributed by atoms with van der Waals surface area (Å²) in [6.07, 6.45) is 0.457. The number of benzene rings is 2. The molecular weight excluding hydrogens is 344 g/mol. The average molecular weight is 365 g/mol. The number of amides is 1. The van der Waals surface area contributed by atoms with Crippen LogP contribution in [0.3, 0.4) is 0 Å². The third kappa shape index (κ3) is 5.08. The number of methoxy groups -OCH3 is 2. The lowest BCUT2D eigenvalue weighted by Crippen LogP contribution is -2.25. The van der Waals surface area contributed by atoms with Crippen LogP contribution in [0, 0.1) is 6.92 Å². The first-order chi connectivity index (χ1) is 12.4. The number of hydrogen-bond donors (Lipinski definition) is 1. The lowest BCUT2D eigenvalue weighted by atomic mass is 10.1. The molecule has 26 heavy (non-hydrogen) atoms. The maximum atomic E-state index is 12.5. The van der Waals surface area contributed by atoms with E-state index in [1.54, 1.807) is 31.4 Å². The van der Waals surface area contributed by atoms with Gasteiger partial charge in [-0.15, -0.1) is 0 Å². The second-order valence-electron chi connectivity index (χ2n) is 5.55. The van der Waals surface area contributed by atoms with E-state index in [0.717, 1.165) is 11.1 Å². The SMILES string of the molecule is COc1cc(C(=O)NCCc2ccc(OC)c(OC(F)F)c2)ccc1C. The highest BCUT2D eigenvalue weighted by atomic mass is 19.3. The van der Waals surface area contributed by atoms with E-state index in [9.17, 15) is 13.6 Å². The van der Waals surface area contributed by atoms with Crippen molar-refractivity contribution in [2.45, 2.75) is 20.0 Å². The summed E-state index contributed by atoms with van der Waals surface area (Å²) in [5.41, 5.74) is 2.17. The third-order valence-electron chi connectivity index (χ3n) is 3.81. The van der Waals surface area contributed by atoms with Gasteiger partial charge in [-0.2, -0.15) is 8.78 Å². The van der Waals surface area contributed by atoms with Crippen molar-refractivity contribution in [2.24, 2.45) is 0 Å². The fourth-order valence-electron chi connectivity index (χ4n) is 2.45. The summed E-state index contributed by atoms with van der Waals surface area (Å²) in [5.74, 6) is 0.599. The van der Waals surface area contributed by atoms with Crippen molar-refractivity contribution in [3.8, 4) is 17.2 Å². The second-order valence-corrected chi connectivity index (χ2v) is 5.55. The van der Waals surface area contributed by atoms with Gasteiger partial charge in [0.15, 0.2) is 11.5 Å². The maximum absolute atomic E-state index is 12.5. The number of halogens is 2. The smallest absolute Gasteiger partial charge is 0.387 e. The molecule has 7 heteroatoms. The Morgan fingerprint density at radius 2 is 1.77 bits per heavy atom. The molecule has 0 aromatic heterocycles. The van der Waals surface area contributed by atoms with E-state index in [0.29, 0.717) is 24.3 Å². The van der Waals surface area contributed by atoms with E-state index in [1.807, 2.05) is 13.0 Å². The Balaban J connectivity index is 1.97. The molecule has 1 amide bonds. The number of ether oxygens (including phenoxy) is 3. The van der Waals surface area contributed by atoms with E-state index in [4.69, 9.17) is 9.47 Å². The standard InChI is InChI=1S/C19H21F2NO4/c1-12-4-6-14(11-16(12)25-3)18(23)22-9-8-13-5-7-15(24-2)17(10-13)26-19(20)21/h4-7,10-11,19H,8-9H2,1-3H3,(H,22,23). The summed E-state index contributed by atoms with van der Waals surface area (Å²) in [6, 6.07) is 9.97. The van der Waals surface area contributed by atoms with E-state index in [2.05, 4.69) is 10.1 Å². The molecule has 0 spiro atoms. The largest absolute Gasteiger partial charge is 0.496 e. The molecule has 0 atom stereocenters. The molecule has 5 nitrogen and oxygen atoms in total. The van der Waals surface area contributed by atoms with Gasteiger partial charge in [0.25, 0.3) is 5.91 Å². The van der Waals surface area contributed by atoms with Crippen molar-refractivity contribution in [3.05, 3.63) is 53.1 Å². The van der Waals surface area contributed by atoms with Crippen LogP contribution in [-0.4, -0.2) is 33.3 Å². The first-order valence-electron chi connectivity index (χ1n) is 7.99. The van der Waals surface area contributed by atoms with Crippen LogP contribution in [0.4, 0.5) is 8.78 Å². The summed E-state index contributed by atoms with van der Waals surface area (Å²) >= 11 is 0. The van der Waals surface area contributed by atoms with Crippen LogP contribution >= 0.6 is 0 Å². The van der Waals surface area contributed by atoms with Gasteiger partial charge in [-0.25, -0.2) is 0 Å². The molecule has 0 unspecified atom stereocenters. The topological polar surface area (TPSA) is 56.8 Å². The summed E-state index contributed by atoms with van der Waals surface area (Å²) in [5, 5.41) is 2.79. The molecule has 0 fully saturated rings. The third-order valence-corrected chi connectivity index (χ3v) is 3.81. The van der Waals surface area contributed by atoms with Crippen LogP contribution in [0.15, 0.2) is 36.4 Å². The van der Waals surface area contributed by atoms with Crippen LogP contribution in [0.5, 0.6) is 17.2 Å². The van der Waals surface area contributed by atoms with Crippen LogP contribution in [0.1, 0.15) is 21.5 Å². The van der Waals surface area contributed by atoms with Gasteiger partial charge >= 0.3 is 6.61 Å². The van der Waals surface area contributed by atoms with Crippen LogP contribution in [0.25, 0.3) is 0 Å². The zero-order valence-corrected chi connectivity index (χ0v) is 14.8. The van der Waals surface area contributed by atoms with Gasteiger partial charge in [-0.05, 0) is 48.7 Å². The Bertz CT molecular complexity index is 765. The molecule has 0 radical (unpaired) electrons. The van der Waals surface area contributed by atoms with Gasteiger partial charge in [0, 0.05) is 12.1 Å². The zero-order valence-electron chi connectivity index (χ0n) is 14.8. The van der Waals surface area contributed by atoms with E-state index in [-0.39, 0.29) is 17.4 Å². The molecule has 0 saturated carbocycles. The van der Waals surface area contributed by atoms with Gasteiger partial charge < -0.3 is 19.5 Å². The first kappa shape index (κ1) is 19.5. The first-order valence-corrected chi connectivity index (χ1v) is 7.99. The van der Waals surface area contributed by atoms with Gasteiger partial charge in [0.1, 0.15) is 5.75 Å².